The van der Waals surface area contributed by atoms with Gasteiger partial charge in [-0.1, -0.05) is 13.0 Å². The zero-order valence-corrected chi connectivity index (χ0v) is 19.2. The van der Waals surface area contributed by atoms with Crippen molar-refractivity contribution in [2.75, 3.05) is 17.2 Å². The average molecular weight is 450 g/mol. The lowest BCUT2D eigenvalue weighted by molar-refractivity contribution is 0.102. The van der Waals surface area contributed by atoms with Gasteiger partial charge in [0.15, 0.2) is 0 Å². The second kappa shape index (κ2) is 10.8. The summed E-state index contributed by atoms with van der Waals surface area (Å²) in [5, 5.41) is 7.92. The number of hydrogen-bond donors (Lipinski definition) is 4. The van der Waals surface area contributed by atoms with Crippen molar-refractivity contribution >= 4 is 36.1 Å². The number of aryl methyl sites for hydroxylation is 2. The largest absolute Gasteiger partial charge is 0.338 e. The van der Waals surface area contributed by atoms with Crippen molar-refractivity contribution in [1.29, 1.82) is 0 Å². The van der Waals surface area contributed by atoms with E-state index in [9.17, 15) is 9.59 Å². The molecule has 8 heteroatoms. The van der Waals surface area contributed by atoms with E-state index in [-0.39, 0.29) is 11.9 Å². The van der Waals surface area contributed by atoms with Gasteiger partial charge in [0.25, 0.3) is 5.91 Å². The fourth-order valence-corrected chi connectivity index (χ4v) is 3.68. The van der Waals surface area contributed by atoms with Crippen molar-refractivity contribution < 1.29 is 9.59 Å². The van der Waals surface area contributed by atoms with Gasteiger partial charge in [-0.3, -0.25) is 15.1 Å². The van der Waals surface area contributed by atoms with E-state index in [0.29, 0.717) is 23.6 Å². The van der Waals surface area contributed by atoms with Crippen LogP contribution in [0.3, 0.4) is 0 Å². The first kappa shape index (κ1) is 23.3. The molecule has 3 aromatic rings. The third-order valence-electron chi connectivity index (χ3n) is 4.70. The molecule has 3 rings (SSSR count). The van der Waals surface area contributed by atoms with Crippen LogP contribution in [0.5, 0.6) is 0 Å². The Morgan fingerprint density at radius 3 is 2.47 bits per heavy atom. The van der Waals surface area contributed by atoms with Crippen LogP contribution in [-0.2, 0) is 0 Å². The Hall–Kier alpha value is -3.39. The molecule has 32 heavy (non-hydrogen) atoms. The van der Waals surface area contributed by atoms with Gasteiger partial charge in [-0.25, -0.2) is 9.78 Å². The van der Waals surface area contributed by atoms with Crippen LogP contribution in [0.4, 0.5) is 16.3 Å². The summed E-state index contributed by atoms with van der Waals surface area (Å²) in [7, 11) is 0. The van der Waals surface area contributed by atoms with Gasteiger partial charge in [-0.2, -0.15) is 12.6 Å². The fraction of sp³-hybridized carbons (Fsp3) is 0.250. The molecule has 0 saturated carbocycles. The number of carbonyl (C=O) groups excluding carboxylic acids is 2. The summed E-state index contributed by atoms with van der Waals surface area (Å²) in [6, 6.07) is 12.5. The summed E-state index contributed by atoms with van der Waals surface area (Å²) in [4.78, 5) is 33.6. The van der Waals surface area contributed by atoms with Crippen molar-refractivity contribution in [2.24, 2.45) is 0 Å². The number of rotatable bonds is 7. The number of nitrogens with one attached hydrogen (secondary N) is 3. The molecule has 0 aliphatic rings. The summed E-state index contributed by atoms with van der Waals surface area (Å²) < 4.78 is 0. The van der Waals surface area contributed by atoms with Gasteiger partial charge in [-0.05, 0) is 73.4 Å². The number of aromatic nitrogens is 2. The maximum atomic E-state index is 13.0. The highest BCUT2D eigenvalue weighted by Gasteiger charge is 2.20. The van der Waals surface area contributed by atoms with Crippen LogP contribution in [0.15, 0.2) is 54.9 Å². The highest BCUT2D eigenvalue weighted by Crippen LogP contribution is 2.30. The molecule has 0 aliphatic heterocycles. The minimum atomic E-state index is -0.488. The topological polar surface area (TPSA) is 96.0 Å². The number of thiol groups is 1. The van der Waals surface area contributed by atoms with E-state index < -0.39 is 5.25 Å². The number of benzene rings is 1. The van der Waals surface area contributed by atoms with Crippen LogP contribution >= 0.6 is 12.6 Å². The highest BCUT2D eigenvalue weighted by atomic mass is 32.1. The van der Waals surface area contributed by atoms with Crippen LogP contribution in [-0.4, -0.2) is 28.5 Å². The predicted molar refractivity (Wildman–Crippen MR) is 130 cm³/mol. The van der Waals surface area contributed by atoms with Crippen molar-refractivity contribution in [2.45, 2.75) is 32.4 Å². The monoisotopic (exact) mass is 449 g/mol. The summed E-state index contributed by atoms with van der Waals surface area (Å²) in [6.45, 7) is 6.53. The molecular weight excluding hydrogens is 422 g/mol. The minimum Gasteiger partial charge on any atom is -0.338 e. The van der Waals surface area contributed by atoms with Gasteiger partial charge in [0.2, 0.25) is 0 Å². The van der Waals surface area contributed by atoms with Crippen LogP contribution in [0, 0.1) is 13.8 Å². The molecule has 0 fully saturated rings. The van der Waals surface area contributed by atoms with E-state index in [1.165, 1.54) is 0 Å². The Balaban J connectivity index is 1.82. The first-order valence-electron chi connectivity index (χ1n) is 10.4. The molecule has 166 valence electrons. The number of anilines is 2. The molecule has 3 N–H and O–H groups in total. The Kier molecular flexibility index (Phi) is 7.83. The number of urea groups is 1. The lowest BCUT2D eigenvalue weighted by Gasteiger charge is -2.16. The molecule has 0 radical (unpaired) electrons. The Bertz CT molecular complexity index is 1100. The standard InChI is InChI=1S/C24H27N5O2S/c1-4-8-27-24(31)29-20-14-17(7-10-25-20)22(32)21-19(6-5-9-26-21)23(30)28-18-12-15(2)11-16(3)13-18/h5-7,9-14,22,32H,4,8H2,1-3H3,(H,28,30)(H2,25,27,29,31). The maximum absolute atomic E-state index is 13.0. The molecule has 1 atom stereocenters. The molecule has 1 unspecified atom stereocenters. The molecule has 0 spiro atoms. The van der Waals surface area contributed by atoms with Gasteiger partial charge in [0, 0.05) is 24.6 Å². The van der Waals surface area contributed by atoms with Crippen LogP contribution < -0.4 is 16.0 Å². The van der Waals surface area contributed by atoms with E-state index in [4.69, 9.17) is 12.6 Å². The molecule has 0 aliphatic carbocycles. The van der Waals surface area contributed by atoms with Crippen molar-refractivity contribution in [3.8, 4) is 0 Å². The summed E-state index contributed by atoms with van der Waals surface area (Å²) in [5.74, 6) is 0.135. The van der Waals surface area contributed by atoms with E-state index in [1.54, 1.807) is 36.7 Å². The smallest absolute Gasteiger partial charge is 0.320 e. The molecule has 0 bridgehead atoms. The number of amides is 3. The number of nitrogens with zero attached hydrogens (tertiary/aromatic N) is 2. The van der Waals surface area contributed by atoms with Crippen LogP contribution in [0.25, 0.3) is 0 Å². The second-order valence-corrected chi connectivity index (χ2v) is 8.04. The Morgan fingerprint density at radius 1 is 1.00 bits per heavy atom. The van der Waals surface area contributed by atoms with E-state index in [0.717, 1.165) is 28.8 Å². The molecule has 3 amide bonds. The van der Waals surface area contributed by atoms with Crippen molar-refractivity contribution in [1.82, 2.24) is 15.3 Å². The first-order chi connectivity index (χ1) is 15.4. The van der Waals surface area contributed by atoms with Gasteiger partial charge >= 0.3 is 6.03 Å². The molecule has 7 nitrogen and oxygen atoms in total. The van der Waals surface area contributed by atoms with Crippen LogP contribution in [0.1, 0.15) is 51.3 Å². The van der Waals surface area contributed by atoms with Crippen molar-refractivity contribution in [3.05, 3.63) is 82.8 Å². The Labute approximate surface area is 193 Å². The summed E-state index contributed by atoms with van der Waals surface area (Å²) >= 11 is 4.73. The van der Waals surface area contributed by atoms with E-state index in [2.05, 4.69) is 25.9 Å². The lowest BCUT2D eigenvalue weighted by atomic mass is 10.0. The molecule has 0 saturated heterocycles. The number of carbonyl (C=O) groups is 2. The first-order valence-corrected chi connectivity index (χ1v) is 10.9. The van der Waals surface area contributed by atoms with Gasteiger partial charge < -0.3 is 10.6 Å². The number of hydrogen-bond acceptors (Lipinski definition) is 5. The SMILES string of the molecule is CCCNC(=O)Nc1cc(C(S)c2ncccc2C(=O)Nc2cc(C)cc(C)c2)ccn1. The third kappa shape index (κ3) is 6.07. The van der Waals surface area contributed by atoms with E-state index in [1.807, 2.05) is 39.0 Å². The van der Waals surface area contributed by atoms with Crippen molar-refractivity contribution in [3.63, 3.8) is 0 Å². The minimum absolute atomic E-state index is 0.261. The second-order valence-electron chi connectivity index (χ2n) is 7.52. The molecular formula is C24H27N5O2S. The third-order valence-corrected chi connectivity index (χ3v) is 5.24. The van der Waals surface area contributed by atoms with Gasteiger partial charge in [0.05, 0.1) is 16.5 Å². The normalized spacial score (nSPS) is 11.5. The van der Waals surface area contributed by atoms with Gasteiger partial charge in [0.1, 0.15) is 5.82 Å². The maximum Gasteiger partial charge on any atom is 0.320 e. The quantitative estimate of drug-likeness (QED) is 0.386. The summed E-state index contributed by atoms with van der Waals surface area (Å²) in [6.07, 6.45) is 4.06. The van der Waals surface area contributed by atoms with Gasteiger partial charge in [-0.15, -0.1) is 0 Å². The lowest BCUT2D eigenvalue weighted by Crippen LogP contribution is -2.29. The Morgan fingerprint density at radius 2 is 1.75 bits per heavy atom. The number of pyridine rings is 2. The average Bonchev–Trinajstić information content (AvgIpc) is 2.76. The summed E-state index contributed by atoms with van der Waals surface area (Å²) in [5.41, 5.74) is 4.57. The zero-order chi connectivity index (χ0) is 23.1. The van der Waals surface area contributed by atoms with Crippen LogP contribution in [0.2, 0.25) is 0 Å². The highest BCUT2D eigenvalue weighted by molar-refractivity contribution is 7.80. The molecule has 2 heterocycles. The molecule has 1 aromatic carbocycles. The molecule has 2 aromatic heterocycles. The van der Waals surface area contributed by atoms with E-state index >= 15 is 0 Å². The zero-order valence-electron chi connectivity index (χ0n) is 18.3. The predicted octanol–water partition coefficient (Wildman–Crippen LogP) is 4.90. The fourth-order valence-electron chi connectivity index (χ4n) is 3.31.